The number of rotatable bonds is 0. The molecular weight excluding hydrogens is 74.1 g/mol. The Balaban J connectivity index is 2.26. The van der Waals surface area contributed by atoms with Crippen LogP contribution in [0.3, 0.4) is 0 Å². The highest BCUT2D eigenvalue weighted by molar-refractivity contribution is 5.67. The molecule has 0 saturated heterocycles. The van der Waals surface area contributed by atoms with Gasteiger partial charge in [-0.2, -0.15) is 0 Å². The molecule has 2 atom stereocenters. The van der Waals surface area contributed by atoms with Crippen molar-refractivity contribution in [3.63, 3.8) is 0 Å². The molecular formula is C5H7N. The summed E-state index contributed by atoms with van der Waals surface area (Å²) in [4.78, 5) is 4.09. The molecule has 0 aromatic heterocycles. The van der Waals surface area contributed by atoms with E-state index in [1.165, 1.54) is 6.42 Å². The van der Waals surface area contributed by atoms with E-state index in [1.54, 1.807) is 0 Å². The molecule has 1 aliphatic carbocycles. The maximum atomic E-state index is 4.09. The van der Waals surface area contributed by atoms with Crippen LogP contribution in [0.5, 0.6) is 0 Å². The van der Waals surface area contributed by atoms with Gasteiger partial charge in [0.25, 0.3) is 0 Å². The summed E-state index contributed by atoms with van der Waals surface area (Å²) in [6.45, 7) is 1.13. The van der Waals surface area contributed by atoms with Gasteiger partial charge < -0.3 is 0 Å². The molecule has 0 bridgehead atoms. The highest BCUT2D eigenvalue weighted by Gasteiger charge is 2.38. The maximum absolute atomic E-state index is 4.09. The van der Waals surface area contributed by atoms with Crippen LogP contribution in [-0.2, 0) is 0 Å². The van der Waals surface area contributed by atoms with E-state index in [1.807, 2.05) is 0 Å². The summed E-state index contributed by atoms with van der Waals surface area (Å²) >= 11 is 0. The average molecular weight is 81.1 g/mol. The molecule has 0 N–H and O–H groups in total. The SMILES string of the molecule is C1=NC[C@@H]2C[C@H]12. The Kier molecular flexibility index (Phi) is 0.312. The zero-order valence-corrected chi connectivity index (χ0v) is 3.59. The second-order valence-electron chi connectivity index (χ2n) is 2.17. The maximum Gasteiger partial charge on any atom is 0.0420 e. The smallest absolute Gasteiger partial charge is 0.0420 e. The molecule has 32 valence electrons. The fourth-order valence-electron chi connectivity index (χ4n) is 0.995. The quantitative estimate of drug-likeness (QED) is 0.407. The minimum Gasteiger partial charge on any atom is -0.297 e. The first-order valence-corrected chi connectivity index (χ1v) is 2.47. The average Bonchev–Trinajstić information content (AvgIpc) is 2.17. The standard InChI is InChI=1S/C5H7N/c1-4-2-6-3-5(1)4/h2,4-5H,1,3H2/t4-,5+/m1/s1. The zero-order chi connectivity index (χ0) is 3.98. The zero-order valence-electron chi connectivity index (χ0n) is 3.59. The summed E-state index contributed by atoms with van der Waals surface area (Å²) in [6.07, 6.45) is 3.54. The van der Waals surface area contributed by atoms with Gasteiger partial charge in [0.2, 0.25) is 0 Å². The third-order valence-corrected chi connectivity index (χ3v) is 1.61. The molecule has 0 unspecified atom stereocenters. The summed E-state index contributed by atoms with van der Waals surface area (Å²) in [6, 6.07) is 0. The number of hydrogen-bond acceptors (Lipinski definition) is 1. The Morgan fingerprint density at radius 2 is 2.67 bits per heavy atom. The summed E-state index contributed by atoms with van der Waals surface area (Å²) in [5, 5.41) is 0. The molecule has 1 aliphatic heterocycles. The van der Waals surface area contributed by atoms with E-state index in [-0.39, 0.29) is 0 Å². The van der Waals surface area contributed by atoms with Gasteiger partial charge in [-0.1, -0.05) is 0 Å². The molecule has 1 heteroatoms. The van der Waals surface area contributed by atoms with Gasteiger partial charge in [0.1, 0.15) is 0 Å². The van der Waals surface area contributed by atoms with Crippen LogP contribution in [0, 0.1) is 11.8 Å². The van der Waals surface area contributed by atoms with Crippen molar-refractivity contribution in [1.29, 1.82) is 0 Å². The number of fused-ring (bicyclic) bond motifs is 1. The van der Waals surface area contributed by atoms with Gasteiger partial charge in [-0.3, -0.25) is 4.99 Å². The van der Waals surface area contributed by atoms with Gasteiger partial charge in [0.15, 0.2) is 0 Å². The van der Waals surface area contributed by atoms with Crippen LogP contribution in [0.4, 0.5) is 0 Å². The predicted octanol–water partition coefficient (Wildman–Crippen LogP) is 0.707. The van der Waals surface area contributed by atoms with Gasteiger partial charge in [-0.15, -0.1) is 0 Å². The first-order chi connectivity index (χ1) is 2.97. The third kappa shape index (κ3) is 0.192. The number of hydrogen-bond donors (Lipinski definition) is 0. The third-order valence-electron chi connectivity index (χ3n) is 1.61. The molecule has 2 aliphatic rings. The van der Waals surface area contributed by atoms with E-state index in [0.717, 1.165) is 18.4 Å². The van der Waals surface area contributed by atoms with Gasteiger partial charge in [0.05, 0.1) is 0 Å². The molecule has 1 saturated carbocycles. The van der Waals surface area contributed by atoms with Crippen molar-refractivity contribution in [3.8, 4) is 0 Å². The normalized spacial score (nSPS) is 49.3. The fraction of sp³-hybridized carbons (Fsp3) is 0.800. The largest absolute Gasteiger partial charge is 0.297 e. The lowest BCUT2D eigenvalue weighted by Crippen LogP contribution is -1.72. The molecule has 0 aromatic carbocycles. The highest BCUT2D eigenvalue weighted by Crippen LogP contribution is 2.40. The van der Waals surface area contributed by atoms with Crippen LogP contribution in [0.1, 0.15) is 6.42 Å². The topological polar surface area (TPSA) is 12.4 Å². The molecule has 1 fully saturated rings. The Labute approximate surface area is 37.1 Å². The molecule has 0 radical (unpaired) electrons. The predicted molar refractivity (Wildman–Crippen MR) is 25.0 cm³/mol. The van der Waals surface area contributed by atoms with Crippen molar-refractivity contribution in [2.75, 3.05) is 6.54 Å². The van der Waals surface area contributed by atoms with Crippen LogP contribution in [-0.4, -0.2) is 12.8 Å². The van der Waals surface area contributed by atoms with E-state index in [0.29, 0.717) is 0 Å². The van der Waals surface area contributed by atoms with Gasteiger partial charge >= 0.3 is 0 Å². The highest BCUT2D eigenvalue weighted by atomic mass is 14.8. The minimum atomic E-state index is 0.921. The van der Waals surface area contributed by atoms with Crippen molar-refractivity contribution in [2.24, 2.45) is 16.8 Å². The van der Waals surface area contributed by atoms with Crippen LogP contribution in [0.2, 0.25) is 0 Å². The Morgan fingerprint density at radius 1 is 1.67 bits per heavy atom. The van der Waals surface area contributed by atoms with Crippen molar-refractivity contribution in [2.45, 2.75) is 6.42 Å². The second kappa shape index (κ2) is 0.673. The number of nitrogens with zero attached hydrogens (tertiary/aromatic N) is 1. The number of aliphatic imine (C=N–C) groups is 1. The van der Waals surface area contributed by atoms with Gasteiger partial charge in [-0.05, 0) is 18.3 Å². The summed E-state index contributed by atoms with van der Waals surface area (Å²) < 4.78 is 0. The Morgan fingerprint density at radius 3 is 2.83 bits per heavy atom. The van der Waals surface area contributed by atoms with Crippen molar-refractivity contribution < 1.29 is 0 Å². The van der Waals surface area contributed by atoms with E-state index in [9.17, 15) is 0 Å². The van der Waals surface area contributed by atoms with Crippen molar-refractivity contribution >= 4 is 6.21 Å². The Bertz CT molecular complexity index is 96.1. The first kappa shape index (κ1) is 2.78. The van der Waals surface area contributed by atoms with Crippen LogP contribution in [0.15, 0.2) is 4.99 Å². The Hall–Kier alpha value is -0.330. The molecule has 0 amide bonds. The van der Waals surface area contributed by atoms with Crippen molar-refractivity contribution in [1.82, 2.24) is 0 Å². The lowest BCUT2D eigenvalue weighted by molar-refractivity contribution is 0.864. The summed E-state index contributed by atoms with van der Waals surface area (Å²) in [5.41, 5.74) is 0. The van der Waals surface area contributed by atoms with E-state index in [4.69, 9.17) is 0 Å². The van der Waals surface area contributed by atoms with Crippen LogP contribution >= 0.6 is 0 Å². The molecule has 0 aromatic rings. The van der Waals surface area contributed by atoms with Crippen LogP contribution in [0.25, 0.3) is 0 Å². The molecule has 2 rings (SSSR count). The first-order valence-electron chi connectivity index (χ1n) is 2.47. The minimum absolute atomic E-state index is 0.921. The van der Waals surface area contributed by atoms with Gasteiger partial charge in [0, 0.05) is 12.8 Å². The summed E-state index contributed by atoms with van der Waals surface area (Å²) in [5.74, 6) is 1.91. The lowest BCUT2D eigenvalue weighted by atomic mass is 10.4. The van der Waals surface area contributed by atoms with Gasteiger partial charge in [-0.25, -0.2) is 0 Å². The van der Waals surface area contributed by atoms with E-state index in [2.05, 4.69) is 11.2 Å². The molecule has 1 heterocycles. The van der Waals surface area contributed by atoms with E-state index < -0.39 is 0 Å². The molecule has 6 heavy (non-hydrogen) atoms. The van der Waals surface area contributed by atoms with Crippen LogP contribution < -0.4 is 0 Å². The van der Waals surface area contributed by atoms with Crippen molar-refractivity contribution in [3.05, 3.63) is 0 Å². The summed E-state index contributed by atoms with van der Waals surface area (Å²) in [7, 11) is 0. The molecule has 0 spiro atoms. The monoisotopic (exact) mass is 81.1 g/mol. The second-order valence-corrected chi connectivity index (χ2v) is 2.17. The molecule has 1 nitrogen and oxygen atoms in total. The van der Waals surface area contributed by atoms with E-state index >= 15 is 0 Å². The fourth-order valence-corrected chi connectivity index (χ4v) is 0.995. The lowest BCUT2D eigenvalue weighted by Gasteiger charge is -1.73.